The molecule has 4 nitrogen and oxygen atoms in total. The highest BCUT2D eigenvalue weighted by Gasteiger charge is 2.47. The molecule has 114 valence electrons. The Morgan fingerprint density at radius 3 is 2.57 bits per heavy atom. The Morgan fingerprint density at radius 1 is 1.33 bits per heavy atom. The van der Waals surface area contributed by atoms with E-state index in [9.17, 15) is 9.59 Å². The summed E-state index contributed by atoms with van der Waals surface area (Å²) in [5, 5.41) is 2.89. The van der Waals surface area contributed by atoms with Gasteiger partial charge in [-0.25, -0.2) is 0 Å². The lowest BCUT2D eigenvalue weighted by molar-refractivity contribution is -0.138. The van der Waals surface area contributed by atoms with E-state index in [0.717, 1.165) is 15.7 Å². The minimum absolute atomic E-state index is 0.0438. The number of hydrogen-bond acceptors (Lipinski definition) is 2. The lowest BCUT2D eigenvalue weighted by atomic mass is 9.90. The number of carbonyl (C=O) groups is 2. The van der Waals surface area contributed by atoms with Gasteiger partial charge in [-0.05, 0) is 44.4 Å². The van der Waals surface area contributed by atoms with Gasteiger partial charge in [0, 0.05) is 10.2 Å². The summed E-state index contributed by atoms with van der Waals surface area (Å²) in [4.78, 5) is 27.0. The predicted octanol–water partition coefficient (Wildman–Crippen LogP) is 3.17. The van der Waals surface area contributed by atoms with Crippen LogP contribution in [0.5, 0.6) is 0 Å². The van der Waals surface area contributed by atoms with E-state index in [-0.39, 0.29) is 11.8 Å². The number of nitrogens with zero attached hydrogens (tertiary/aromatic N) is 1. The van der Waals surface area contributed by atoms with Crippen molar-refractivity contribution in [1.82, 2.24) is 5.32 Å². The summed E-state index contributed by atoms with van der Waals surface area (Å²) in [7, 11) is 0. The molecule has 1 N–H and O–H groups in total. The smallest absolute Gasteiger partial charge is 0.253 e. The number of piperazine rings is 1. The quantitative estimate of drug-likeness (QED) is 0.908. The second kappa shape index (κ2) is 5.79. The van der Waals surface area contributed by atoms with Crippen molar-refractivity contribution in [3.8, 4) is 0 Å². The van der Waals surface area contributed by atoms with Crippen molar-refractivity contribution in [3.05, 3.63) is 28.2 Å². The minimum atomic E-state index is -0.836. The maximum absolute atomic E-state index is 13.0. The van der Waals surface area contributed by atoms with Crippen LogP contribution in [0.15, 0.2) is 22.7 Å². The highest BCUT2D eigenvalue weighted by Crippen LogP contribution is 2.32. The zero-order chi connectivity index (χ0) is 15.8. The number of amides is 2. The van der Waals surface area contributed by atoms with Gasteiger partial charge in [0.1, 0.15) is 11.6 Å². The third-order valence-electron chi connectivity index (χ3n) is 4.23. The molecule has 2 amide bonds. The zero-order valence-electron chi connectivity index (χ0n) is 12.9. The van der Waals surface area contributed by atoms with Crippen LogP contribution in [-0.2, 0) is 9.59 Å². The second-order valence-corrected chi connectivity index (χ2v) is 6.62. The third kappa shape index (κ3) is 2.71. The average molecular weight is 353 g/mol. The molecule has 5 heteroatoms. The van der Waals surface area contributed by atoms with Gasteiger partial charge in [-0.2, -0.15) is 0 Å². The number of benzene rings is 1. The van der Waals surface area contributed by atoms with Crippen LogP contribution in [0.2, 0.25) is 0 Å². The Bertz CT molecular complexity index is 588. The molecule has 21 heavy (non-hydrogen) atoms. The summed E-state index contributed by atoms with van der Waals surface area (Å²) < 4.78 is 0.898. The third-order valence-corrected chi connectivity index (χ3v) is 4.72. The van der Waals surface area contributed by atoms with E-state index in [2.05, 4.69) is 21.2 Å². The molecule has 0 saturated carbocycles. The van der Waals surface area contributed by atoms with Crippen LogP contribution in [-0.4, -0.2) is 23.4 Å². The van der Waals surface area contributed by atoms with E-state index in [1.807, 2.05) is 39.0 Å². The van der Waals surface area contributed by atoms with Gasteiger partial charge in [0.15, 0.2) is 0 Å². The average Bonchev–Trinajstić information content (AvgIpc) is 2.45. The Balaban J connectivity index is 2.57. The molecule has 1 aromatic rings. The molecular formula is C16H21BrN2O2. The molecule has 2 atom stereocenters. The summed E-state index contributed by atoms with van der Waals surface area (Å²) in [6.45, 7) is 7.58. The van der Waals surface area contributed by atoms with Gasteiger partial charge in [-0.1, -0.05) is 35.8 Å². The standard InChI is InChI=1S/C16H21BrN2O2/c1-5-12-14(20)18-16(4,6-2)15(21)19(12)13-9-11(17)8-7-10(13)3/h7-9,12H,5-6H2,1-4H3,(H,18,20). The van der Waals surface area contributed by atoms with Crippen molar-refractivity contribution in [2.75, 3.05) is 4.90 Å². The number of aryl methyl sites for hydroxylation is 1. The highest BCUT2D eigenvalue weighted by atomic mass is 79.9. The molecule has 1 aliphatic rings. The summed E-state index contributed by atoms with van der Waals surface area (Å²) >= 11 is 3.45. The van der Waals surface area contributed by atoms with E-state index in [1.54, 1.807) is 11.8 Å². The number of carbonyl (C=O) groups excluding carboxylic acids is 2. The molecule has 0 bridgehead atoms. The Labute approximate surface area is 134 Å². The van der Waals surface area contributed by atoms with Gasteiger partial charge >= 0.3 is 0 Å². The first-order valence-corrected chi connectivity index (χ1v) is 8.05. The highest BCUT2D eigenvalue weighted by molar-refractivity contribution is 9.10. The van der Waals surface area contributed by atoms with E-state index < -0.39 is 11.6 Å². The monoisotopic (exact) mass is 352 g/mol. The molecule has 2 rings (SSSR count). The number of rotatable bonds is 3. The van der Waals surface area contributed by atoms with Crippen LogP contribution in [0.4, 0.5) is 5.69 Å². The number of anilines is 1. The fraction of sp³-hybridized carbons (Fsp3) is 0.500. The lowest BCUT2D eigenvalue weighted by Gasteiger charge is -2.44. The fourth-order valence-corrected chi connectivity index (χ4v) is 3.01. The van der Waals surface area contributed by atoms with Crippen LogP contribution in [0, 0.1) is 6.92 Å². The molecule has 0 spiro atoms. The van der Waals surface area contributed by atoms with Crippen LogP contribution in [0.1, 0.15) is 39.2 Å². The molecule has 0 radical (unpaired) electrons. The van der Waals surface area contributed by atoms with E-state index in [1.165, 1.54) is 0 Å². The molecule has 1 heterocycles. The van der Waals surface area contributed by atoms with Crippen molar-refractivity contribution >= 4 is 33.4 Å². The molecular weight excluding hydrogens is 332 g/mol. The predicted molar refractivity (Wildman–Crippen MR) is 87.3 cm³/mol. The maximum atomic E-state index is 13.0. The molecule has 1 aliphatic heterocycles. The van der Waals surface area contributed by atoms with E-state index >= 15 is 0 Å². The molecule has 1 fully saturated rings. The zero-order valence-corrected chi connectivity index (χ0v) is 14.5. The molecule has 1 saturated heterocycles. The Hall–Kier alpha value is -1.36. The van der Waals surface area contributed by atoms with Crippen molar-refractivity contribution in [3.63, 3.8) is 0 Å². The van der Waals surface area contributed by atoms with Gasteiger partial charge in [0.25, 0.3) is 5.91 Å². The van der Waals surface area contributed by atoms with Gasteiger partial charge in [-0.3, -0.25) is 14.5 Å². The Kier molecular flexibility index (Phi) is 4.42. The first kappa shape index (κ1) is 16.0. The summed E-state index contributed by atoms with van der Waals surface area (Å²) in [6, 6.07) is 5.35. The lowest BCUT2D eigenvalue weighted by Crippen LogP contribution is -2.69. The van der Waals surface area contributed by atoms with E-state index in [4.69, 9.17) is 0 Å². The molecule has 0 aliphatic carbocycles. The van der Waals surface area contributed by atoms with Crippen molar-refractivity contribution in [2.24, 2.45) is 0 Å². The molecule has 0 aromatic heterocycles. The van der Waals surface area contributed by atoms with Gasteiger partial charge in [-0.15, -0.1) is 0 Å². The maximum Gasteiger partial charge on any atom is 0.253 e. The molecule has 2 unspecified atom stereocenters. The fourth-order valence-electron chi connectivity index (χ4n) is 2.66. The van der Waals surface area contributed by atoms with Gasteiger partial charge in [0.2, 0.25) is 5.91 Å². The van der Waals surface area contributed by atoms with Crippen LogP contribution >= 0.6 is 15.9 Å². The SMILES string of the molecule is CCC1C(=O)NC(C)(CC)C(=O)N1c1cc(Br)ccc1C. The second-order valence-electron chi connectivity index (χ2n) is 5.70. The van der Waals surface area contributed by atoms with Crippen molar-refractivity contribution in [2.45, 2.75) is 52.1 Å². The number of halogens is 1. The topological polar surface area (TPSA) is 49.4 Å². The normalized spacial score (nSPS) is 26.0. The first-order valence-electron chi connectivity index (χ1n) is 7.26. The van der Waals surface area contributed by atoms with Crippen molar-refractivity contribution in [1.29, 1.82) is 0 Å². The summed E-state index contributed by atoms with van der Waals surface area (Å²) in [5.74, 6) is -0.126. The minimum Gasteiger partial charge on any atom is -0.340 e. The van der Waals surface area contributed by atoms with Crippen LogP contribution in [0.3, 0.4) is 0 Å². The van der Waals surface area contributed by atoms with Crippen LogP contribution in [0.25, 0.3) is 0 Å². The van der Waals surface area contributed by atoms with Crippen molar-refractivity contribution < 1.29 is 9.59 Å². The number of nitrogens with one attached hydrogen (secondary N) is 1. The van der Waals surface area contributed by atoms with Crippen LogP contribution < -0.4 is 10.2 Å². The van der Waals surface area contributed by atoms with Gasteiger partial charge in [0.05, 0.1) is 0 Å². The first-order chi connectivity index (χ1) is 9.84. The Morgan fingerprint density at radius 2 is 2.00 bits per heavy atom. The molecule has 1 aromatic carbocycles. The summed E-state index contributed by atoms with van der Waals surface area (Å²) in [6.07, 6.45) is 1.15. The summed E-state index contributed by atoms with van der Waals surface area (Å²) in [5.41, 5.74) is 0.950. The van der Waals surface area contributed by atoms with Gasteiger partial charge < -0.3 is 5.32 Å². The number of hydrogen-bond donors (Lipinski definition) is 1. The largest absolute Gasteiger partial charge is 0.340 e. The van der Waals surface area contributed by atoms with E-state index in [0.29, 0.717) is 12.8 Å².